The highest BCUT2D eigenvalue weighted by atomic mass is 32.2. The van der Waals surface area contributed by atoms with Crippen LogP contribution >= 0.6 is 11.8 Å². The van der Waals surface area contributed by atoms with Crippen LogP contribution in [-0.4, -0.2) is 43.8 Å². The third-order valence-electron chi connectivity index (χ3n) is 3.24. The van der Waals surface area contributed by atoms with Crippen molar-refractivity contribution in [3.8, 4) is 0 Å². The molecule has 2 N–H and O–H groups in total. The van der Waals surface area contributed by atoms with Crippen LogP contribution in [0.2, 0.25) is 0 Å². The summed E-state index contributed by atoms with van der Waals surface area (Å²) in [6, 6.07) is 0. The lowest BCUT2D eigenvalue weighted by atomic mass is 10.1. The second-order valence-corrected chi connectivity index (χ2v) is 5.56. The molecule has 0 aromatic carbocycles. The van der Waals surface area contributed by atoms with E-state index in [-0.39, 0.29) is 6.42 Å². The minimum atomic E-state index is -0.959. The van der Waals surface area contributed by atoms with E-state index in [4.69, 9.17) is 10.5 Å². The highest BCUT2D eigenvalue weighted by Gasteiger charge is 2.19. The molecule has 2 heterocycles. The van der Waals surface area contributed by atoms with Crippen molar-refractivity contribution in [2.75, 3.05) is 6.26 Å². The van der Waals surface area contributed by atoms with Crippen molar-refractivity contribution in [3.63, 3.8) is 0 Å². The fraction of sp³-hybridized carbons (Fsp3) is 0.462. The minimum Gasteiger partial charge on any atom is -0.452 e. The topological polar surface area (TPSA) is 112 Å². The fourth-order valence-electron chi connectivity index (χ4n) is 1.97. The number of primary amides is 1. The fourth-order valence-corrected chi connectivity index (χ4v) is 2.31. The summed E-state index contributed by atoms with van der Waals surface area (Å²) in [7, 11) is 0. The predicted octanol–water partition coefficient (Wildman–Crippen LogP) is 0.423. The number of hydrogen-bond acceptors (Lipinski definition) is 7. The number of carbonyl (C=O) groups excluding carboxylic acids is 2. The van der Waals surface area contributed by atoms with Crippen molar-refractivity contribution >= 4 is 29.4 Å². The average Bonchev–Trinajstić information content (AvgIpc) is 2.86. The molecule has 0 aliphatic carbocycles. The molecule has 22 heavy (non-hydrogen) atoms. The van der Waals surface area contributed by atoms with Gasteiger partial charge in [0.25, 0.3) is 11.7 Å². The molecule has 2 rings (SSSR count). The van der Waals surface area contributed by atoms with Gasteiger partial charge < -0.3 is 10.5 Å². The van der Waals surface area contributed by atoms with E-state index in [1.807, 2.05) is 13.2 Å². The number of hydrogen-bond donors (Lipinski definition) is 1. The van der Waals surface area contributed by atoms with Crippen LogP contribution in [0.4, 0.5) is 0 Å². The number of rotatable bonds is 5. The monoisotopic (exact) mass is 323 g/mol. The first kappa shape index (κ1) is 16.2. The van der Waals surface area contributed by atoms with Gasteiger partial charge in [0.1, 0.15) is 0 Å². The standard InChI is InChI=1S/C13H17N5O3S/c1-6-9(5-10(19)21-8(3)11(14)20)7(2)18-12(15-6)16-13(17-18)22-4/h8H,5H2,1-4H3,(H2,14,20)/t8-/m1/s1. The first-order chi connectivity index (χ1) is 10.3. The number of aryl methyl sites for hydroxylation is 2. The maximum Gasteiger partial charge on any atom is 0.311 e. The normalized spacial score (nSPS) is 12.4. The molecule has 0 fully saturated rings. The largest absolute Gasteiger partial charge is 0.452 e. The molecule has 0 saturated carbocycles. The van der Waals surface area contributed by atoms with E-state index in [1.165, 1.54) is 18.7 Å². The molecule has 2 aromatic rings. The van der Waals surface area contributed by atoms with Gasteiger partial charge in [-0.3, -0.25) is 9.59 Å². The van der Waals surface area contributed by atoms with E-state index >= 15 is 0 Å². The molecule has 9 heteroatoms. The molecule has 1 atom stereocenters. The molecule has 8 nitrogen and oxygen atoms in total. The Balaban J connectivity index is 2.31. The number of amides is 1. The predicted molar refractivity (Wildman–Crippen MR) is 80.5 cm³/mol. The lowest BCUT2D eigenvalue weighted by molar-refractivity contribution is -0.153. The van der Waals surface area contributed by atoms with Crippen LogP contribution in [0.15, 0.2) is 5.16 Å². The molecule has 1 amide bonds. The van der Waals surface area contributed by atoms with Crippen LogP contribution in [0.25, 0.3) is 5.78 Å². The maximum absolute atomic E-state index is 11.9. The third kappa shape index (κ3) is 3.19. The molecule has 118 valence electrons. The average molecular weight is 323 g/mol. The zero-order valence-electron chi connectivity index (χ0n) is 12.8. The summed E-state index contributed by atoms with van der Waals surface area (Å²) in [6.45, 7) is 5.06. The van der Waals surface area contributed by atoms with E-state index in [2.05, 4.69) is 15.1 Å². The van der Waals surface area contributed by atoms with Crippen molar-refractivity contribution < 1.29 is 14.3 Å². The Hall–Kier alpha value is -2.16. The Labute approximate surface area is 131 Å². The van der Waals surface area contributed by atoms with Gasteiger partial charge in [-0.05, 0) is 27.0 Å². The Bertz CT molecular complexity index is 743. The number of aromatic nitrogens is 4. The number of esters is 1. The third-order valence-corrected chi connectivity index (χ3v) is 3.78. The van der Waals surface area contributed by atoms with Gasteiger partial charge in [0.15, 0.2) is 6.10 Å². The van der Waals surface area contributed by atoms with Crippen molar-refractivity contribution in [2.45, 2.75) is 38.5 Å². The van der Waals surface area contributed by atoms with Crippen molar-refractivity contribution in [3.05, 3.63) is 17.0 Å². The summed E-state index contributed by atoms with van der Waals surface area (Å²) in [5.74, 6) is -0.734. The van der Waals surface area contributed by atoms with Crippen LogP contribution in [0.5, 0.6) is 0 Å². The van der Waals surface area contributed by atoms with Gasteiger partial charge in [0.2, 0.25) is 5.16 Å². The van der Waals surface area contributed by atoms with Gasteiger partial charge in [-0.15, -0.1) is 5.10 Å². The number of fused-ring (bicyclic) bond motifs is 1. The minimum absolute atomic E-state index is 0.00725. The molecule has 0 radical (unpaired) electrons. The summed E-state index contributed by atoms with van der Waals surface area (Å²) in [6.07, 6.45) is 0.909. The SMILES string of the molecule is CSc1nc2nc(C)c(CC(=O)O[C@H](C)C(N)=O)c(C)n2n1. The van der Waals surface area contributed by atoms with E-state index < -0.39 is 18.0 Å². The van der Waals surface area contributed by atoms with E-state index in [1.54, 1.807) is 11.4 Å². The molecule has 0 aliphatic rings. The molecule has 0 saturated heterocycles. The highest BCUT2D eigenvalue weighted by molar-refractivity contribution is 7.98. The first-order valence-corrected chi connectivity index (χ1v) is 7.81. The zero-order chi connectivity index (χ0) is 16.4. The Kier molecular flexibility index (Phi) is 4.65. The smallest absolute Gasteiger partial charge is 0.311 e. The van der Waals surface area contributed by atoms with E-state index in [0.29, 0.717) is 22.2 Å². The van der Waals surface area contributed by atoms with Crippen LogP contribution in [-0.2, 0) is 20.7 Å². The highest BCUT2D eigenvalue weighted by Crippen LogP contribution is 2.17. The summed E-state index contributed by atoms with van der Waals surface area (Å²) in [5, 5.41) is 4.92. The van der Waals surface area contributed by atoms with Crippen LogP contribution in [0, 0.1) is 13.8 Å². The van der Waals surface area contributed by atoms with Crippen molar-refractivity contribution in [2.24, 2.45) is 5.73 Å². The van der Waals surface area contributed by atoms with Gasteiger partial charge in [-0.1, -0.05) is 11.8 Å². The number of thioether (sulfide) groups is 1. The summed E-state index contributed by atoms with van der Waals surface area (Å²) in [4.78, 5) is 31.5. The van der Waals surface area contributed by atoms with Gasteiger partial charge in [0, 0.05) is 17.0 Å². The van der Waals surface area contributed by atoms with Gasteiger partial charge in [0.05, 0.1) is 6.42 Å². The Morgan fingerprint density at radius 2 is 2.05 bits per heavy atom. The molecule has 0 aliphatic heterocycles. The second kappa shape index (κ2) is 6.30. The quantitative estimate of drug-likeness (QED) is 0.627. The van der Waals surface area contributed by atoms with E-state index in [0.717, 1.165) is 5.69 Å². The molecule has 0 unspecified atom stereocenters. The second-order valence-electron chi connectivity index (χ2n) is 4.78. The summed E-state index contributed by atoms with van der Waals surface area (Å²) < 4.78 is 6.57. The molecular formula is C13H17N5O3S. The maximum atomic E-state index is 11.9. The number of ether oxygens (including phenoxy) is 1. The lowest BCUT2D eigenvalue weighted by Gasteiger charge is -2.12. The summed E-state index contributed by atoms with van der Waals surface area (Å²) in [5.41, 5.74) is 7.22. The zero-order valence-corrected chi connectivity index (χ0v) is 13.6. The van der Waals surface area contributed by atoms with Crippen LogP contribution < -0.4 is 5.73 Å². The van der Waals surface area contributed by atoms with Gasteiger partial charge in [-0.2, -0.15) is 4.98 Å². The Morgan fingerprint density at radius 3 is 2.64 bits per heavy atom. The first-order valence-electron chi connectivity index (χ1n) is 6.59. The lowest BCUT2D eigenvalue weighted by Crippen LogP contribution is -2.31. The molecule has 2 aromatic heterocycles. The van der Waals surface area contributed by atoms with Crippen molar-refractivity contribution in [1.82, 2.24) is 19.6 Å². The van der Waals surface area contributed by atoms with Gasteiger partial charge >= 0.3 is 5.97 Å². The van der Waals surface area contributed by atoms with Crippen molar-refractivity contribution in [1.29, 1.82) is 0 Å². The van der Waals surface area contributed by atoms with Gasteiger partial charge in [-0.25, -0.2) is 9.50 Å². The number of carbonyl (C=O) groups is 2. The number of nitrogens with two attached hydrogens (primary N) is 1. The number of nitrogens with zero attached hydrogens (tertiary/aromatic N) is 4. The van der Waals surface area contributed by atoms with Crippen LogP contribution in [0.1, 0.15) is 23.9 Å². The molecular weight excluding hydrogens is 306 g/mol. The Morgan fingerprint density at radius 1 is 1.36 bits per heavy atom. The van der Waals surface area contributed by atoms with Crippen LogP contribution in [0.3, 0.4) is 0 Å². The summed E-state index contributed by atoms with van der Waals surface area (Å²) >= 11 is 1.41. The molecule has 0 spiro atoms. The molecule has 0 bridgehead atoms. The van der Waals surface area contributed by atoms with E-state index in [9.17, 15) is 9.59 Å².